The Hall–Kier alpha value is -1.26. The summed E-state index contributed by atoms with van der Waals surface area (Å²) in [6.07, 6.45) is 3.41. The molecule has 5 N–H and O–H groups in total. The lowest BCUT2D eigenvalue weighted by molar-refractivity contribution is 0.689. The van der Waals surface area contributed by atoms with Crippen LogP contribution in [-0.4, -0.2) is 25.5 Å². The second kappa shape index (κ2) is 7.39. The van der Waals surface area contributed by atoms with Crippen molar-refractivity contribution in [1.82, 2.24) is 16.0 Å². The molecule has 0 aliphatic heterocycles. The Morgan fingerprint density at radius 2 is 1.85 bits per heavy atom. The van der Waals surface area contributed by atoms with Crippen LogP contribution in [0.25, 0.3) is 0 Å². The predicted octanol–water partition coefficient (Wildman–Crippen LogP) is 0.445. The number of guanidine groups is 2. The first kappa shape index (κ1) is 11.7. The van der Waals surface area contributed by atoms with E-state index >= 15 is 0 Å². The van der Waals surface area contributed by atoms with Crippen LogP contribution in [0.5, 0.6) is 0 Å². The zero-order valence-electron chi connectivity index (χ0n) is 8.33. The van der Waals surface area contributed by atoms with E-state index in [-0.39, 0.29) is 11.9 Å². The summed E-state index contributed by atoms with van der Waals surface area (Å²) < 4.78 is 0. The zero-order chi connectivity index (χ0) is 10.1. The summed E-state index contributed by atoms with van der Waals surface area (Å²) in [6, 6.07) is 0. The smallest absolute Gasteiger partial charge is 0.195 e. The van der Waals surface area contributed by atoms with E-state index in [1.54, 1.807) is 7.05 Å². The first-order valence-electron chi connectivity index (χ1n) is 4.56. The minimum atomic E-state index is 0.132. The molecule has 0 radical (unpaired) electrons. The van der Waals surface area contributed by atoms with Crippen LogP contribution in [0, 0.1) is 10.8 Å². The lowest BCUT2D eigenvalue weighted by Crippen LogP contribution is -2.44. The molecular weight excluding hydrogens is 166 g/mol. The van der Waals surface area contributed by atoms with Gasteiger partial charge < -0.3 is 10.6 Å². The predicted molar refractivity (Wildman–Crippen MR) is 55.2 cm³/mol. The van der Waals surface area contributed by atoms with Gasteiger partial charge in [0.05, 0.1) is 0 Å². The zero-order valence-corrected chi connectivity index (χ0v) is 8.33. The lowest BCUT2D eigenvalue weighted by Gasteiger charge is -2.09. The van der Waals surface area contributed by atoms with Crippen molar-refractivity contribution in [2.75, 3.05) is 13.6 Å². The van der Waals surface area contributed by atoms with Gasteiger partial charge in [-0.15, -0.1) is 0 Å². The monoisotopic (exact) mass is 185 g/mol. The Bertz CT molecular complexity index is 166. The summed E-state index contributed by atoms with van der Waals surface area (Å²) >= 11 is 0. The molecule has 0 spiro atoms. The Kier molecular flexibility index (Phi) is 6.68. The van der Waals surface area contributed by atoms with E-state index in [0.717, 1.165) is 13.0 Å². The number of unbranched alkanes of at least 4 members (excludes halogenated alkanes) is 2. The molecule has 0 unspecified atom stereocenters. The van der Waals surface area contributed by atoms with Crippen molar-refractivity contribution in [3.8, 4) is 0 Å². The fourth-order valence-electron chi connectivity index (χ4n) is 0.820. The third-order valence-corrected chi connectivity index (χ3v) is 1.58. The molecule has 0 rings (SSSR count). The van der Waals surface area contributed by atoms with Crippen LogP contribution in [0.4, 0.5) is 0 Å². The normalized spacial score (nSPS) is 9.08. The van der Waals surface area contributed by atoms with Crippen molar-refractivity contribution < 1.29 is 0 Å². The van der Waals surface area contributed by atoms with Gasteiger partial charge in [-0.3, -0.25) is 16.1 Å². The molecule has 0 aliphatic carbocycles. The quantitative estimate of drug-likeness (QED) is 0.250. The number of rotatable bonds is 4. The topological polar surface area (TPSA) is 83.8 Å². The van der Waals surface area contributed by atoms with Crippen molar-refractivity contribution >= 4 is 11.9 Å². The van der Waals surface area contributed by atoms with E-state index in [1.807, 2.05) is 0 Å². The Labute approximate surface area is 79.3 Å². The highest BCUT2D eigenvalue weighted by molar-refractivity contribution is 5.95. The molecular formula is C8H19N5. The molecule has 0 fully saturated rings. The third kappa shape index (κ3) is 7.11. The molecule has 0 amide bonds. The molecule has 5 nitrogen and oxygen atoms in total. The minimum absolute atomic E-state index is 0.132. The molecule has 0 aromatic rings. The van der Waals surface area contributed by atoms with Gasteiger partial charge in [-0.25, -0.2) is 0 Å². The van der Waals surface area contributed by atoms with E-state index < -0.39 is 0 Å². The van der Waals surface area contributed by atoms with Gasteiger partial charge in [-0.1, -0.05) is 19.8 Å². The van der Waals surface area contributed by atoms with Crippen molar-refractivity contribution in [1.29, 1.82) is 10.8 Å². The summed E-state index contributed by atoms with van der Waals surface area (Å²) in [5, 5.41) is 22.5. The summed E-state index contributed by atoms with van der Waals surface area (Å²) in [5.41, 5.74) is 0. The summed E-state index contributed by atoms with van der Waals surface area (Å²) in [4.78, 5) is 0. The third-order valence-electron chi connectivity index (χ3n) is 1.58. The average molecular weight is 185 g/mol. The first-order chi connectivity index (χ1) is 6.20. The van der Waals surface area contributed by atoms with E-state index in [1.165, 1.54) is 12.8 Å². The Morgan fingerprint density at radius 3 is 2.38 bits per heavy atom. The van der Waals surface area contributed by atoms with Crippen LogP contribution in [-0.2, 0) is 0 Å². The van der Waals surface area contributed by atoms with Gasteiger partial charge >= 0.3 is 0 Å². The fraction of sp³-hybridized carbons (Fsp3) is 0.750. The second-order valence-electron chi connectivity index (χ2n) is 2.76. The van der Waals surface area contributed by atoms with Crippen molar-refractivity contribution in [3.63, 3.8) is 0 Å². The molecule has 0 saturated heterocycles. The van der Waals surface area contributed by atoms with Gasteiger partial charge in [0.25, 0.3) is 0 Å². The van der Waals surface area contributed by atoms with E-state index in [9.17, 15) is 0 Å². The van der Waals surface area contributed by atoms with Gasteiger partial charge in [0.1, 0.15) is 0 Å². The van der Waals surface area contributed by atoms with E-state index in [4.69, 9.17) is 10.8 Å². The van der Waals surface area contributed by atoms with Crippen LogP contribution >= 0.6 is 0 Å². The molecule has 5 heteroatoms. The van der Waals surface area contributed by atoms with Crippen molar-refractivity contribution in [2.24, 2.45) is 0 Å². The molecule has 0 aromatic carbocycles. The summed E-state index contributed by atoms with van der Waals surface area (Å²) in [6.45, 7) is 2.93. The fourth-order valence-corrected chi connectivity index (χ4v) is 0.820. The molecule has 0 saturated carbocycles. The molecule has 0 aromatic heterocycles. The molecule has 76 valence electrons. The maximum Gasteiger partial charge on any atom is 0.195 e. The van der Waals surface area contributed by atoms with E-state index in [0.29, 0.717) is 0 Å². The van der Waals surface area contributed by atoms with Crippen molar-refractivity contribution in [2.45, 2.75) is 26.2 Å². The summed E-state index contributed by atoms with van der Waals surface area (Å²) in [5.74, 6) is 0.309. The number of hydrogen-bond acceptors (Lipinski definition) is 2. The number of nitrogens with one attached hydrogen (secondary N) is 5. The lowest BCUT2D eigenvalue weighted by atomic mass is 10.2. The van der Waals surface area contributed by atoms with Gasteiger partial charge in [-0.05, 0) is 6.42 Å². The van der Waals surface area contributed by atoms with Crippen LogP contribution < -0.4 is 16.0 Å². The maximum atomic E-state index is 7.35. The molecule has 0 bridgehead atoms. The SMILES string of the molecule is CCCCCNC(=N)NC(=N)NC. The molecule has 13 heavy (non-hydrogen) atoms. The molecule has 0 heterocycles. The van der Waals surface area contributed by atoms with Crippen LogP contribution in [0.2, 0.25) is 0 Å². The maximum absolute atomic E-state index is 7.35. The molecule has 0 aliphatic rings. The summed E-state index contributed by atoms with van der Waals surface area (Å²) in [7, 11) is 1.64. The van der Waals surface area contributed by atoms with Crippen molar-refractivity contribution in [3.05, 3.63) is 0 Å². The van der Waals surface area contributed by atoms with Gasteiger partial charge in [0.15, 0.2) is 11.9 Å². The highest BCUT2D eigenvalue weighted by Gasteiger charge is 1.96. The van der Waals surface area contributed by atoms with E-state index in [2.05, 4.69) is 22.9 Å². The first-order valence-corrected chi connectivity index (χ1v) is 4.56. The molecule has 0 atom stereocenters. The van der Waals surface area contributed by atoms with Gasteiger partial charge in [0.2, 0.25) is 0 Å². The number of hydrogen-bond donors (Lipinski definition) is 5. The van der Waals surface area contributed by atoms with Gasteiger partial charge in [0, 0.05) is 13.6 Å². The Balaban J connectivity index is 3.35. The average Bonchev–Trinajstić information content (AvgIpc) is 2.12. The van der Waals surface area contributed by atoms with Crippen LogP contribution in [0.1, 0.15) is 26.2 Å². The minimum Gasteiger partial charge on any atom is -0.359 e. The largest absolute Gasteiger partial charge is 0.359 e. The van der Waals surface area contributed by atoms with Crippen LogP contribution in [0.15, 0.2) is 0 Å². The highest BCUT2D eigenvalue weighted by Crippen LogP contribution is 1.90. The Morgan fingerprint density at radius 1 is 1.15 bits per heavy atom. The van der Waals surface area contributed by atoms with Crippen LogP contribution in [0.3, 0.4) is 0 Å². The van der Waals surface area contributed by atoms with Gasteiger partial charge in [-0.2, -0.15) is 0 Å². The highest BCUT2D eigenvalue weighted by atomic mass is 15.2. The standard InChI is InChI=1S/C8H19N5/c1-3-4-5-6-12-8(10)13-7(9)11-2/h3-6H2,1-2H3,(H5,9,10,11,12,13). The second-order valence-corrected chi connectivity index (χ2v) is 2.76.